The highest BCUT2D eigenvalue weighted by Crippen LogP contribution is 2.21. The smallest absolute Gasteiger partial charge is 0.254 e. The van der Waals surface area contributed by atoms with Crippen molar-refractivity contribution in [3.8, 4) is 11.4 Å². The van der Waals surface area contributed by atoms with Crippen LogP contribution in [0.4, 0.5) is 8.78 Å². The number of para-hydroxylation sites is 1. The number of hydrogen-bond acceptors (Lipinski definition) is 3. The fraction of sp³-hybridized carbons (Fsp3) is 0.158. The molecule has 0 spiro atoms. The highest BCUT2D eigenvalue weighted by atomic mass is 19.1. The minimum atomic E-state index is -0.721. The van der Waals surface area contributed by atoms with Gasteiger partial charge in [0.15, 0.2) is 11.6 Å². The van der Waals surface area contributed by atoms with Gasteiger partial charge in [0.05, 0.1) is 24.9 Å². The normalized spacial score (nSPS) is 11.8. The second-order valence-electron chi connectivity index (χ2n) is 5.69. The summed E-state index contributed by atoms with van der Waals surface area (Å²) < 4.78 is 34.3. The van der Waals surface area contributed by atoms with Gasteiger partial charge in [-0.15, -0.1) is 0 Å². The molecular weight excluding hydrogens is 340 g/mol. The van der Waals surface area contributed by atoms with E-state index < -0.39 is 23.6 Å². The molecule has 1 amide bonds. The largest absolute Gasteiger partial charge is 0.494 e. The Labute approximate surface area is 149 Å². The maximum Gasteiger partial charge on any atom is 0.254 e. The summed E-state index contributed by atoms with van der Waals surface area (Å²) in [6, 6.07) is 10.1. The third kappa shape index (κ3) is 3.42. The van der Waals surface area contributed by atoms with Gasteiger partial charge in [-0.3, -0.25) is 4.79 Å². The Morgan fingerprint density at radius 2 is 1.96 bits per heavy atom. The predicted molar refractivity (Wildman–Crippen MR) is 92.4 cm³/mol. The van der Waals surface area contributed by atoms with E-state index in [1.165, 1.54) is 42.3 Å². The average molecular weight is 357 g/mol. The molecule has 0 radical (unpaired) electrons. The van der Waals surface area contributed by atoms with Crippen LogP contribution in [0.3, 0.4) is 0 Å². The Kier molecular flexibility index (Phi) is 4.97. The fourth-order valence-corrected chi connectivity index (χ4v) is 2.53. The van der Waals surface area contributed by atoms with Gasteiger partial charge >= 0.3 is 0 Å². The summed E-state index contributed by atoms with van der Waals surface area (Å²) in [5.41, 5.74) is 0.846. The SMILES string of the molecule is COc1cccc(C(=O)NC(C)c2cnn(-c3ccccc3F)c2)c1F. The highest BCUT2D eigenvalue weighted by Gasteiger charge is 2.19. The van der Waals surface area contributed by atoms with E-state index in [-0.39, 0.29) is 11.3 Å². The van der Waals surface area contributed by atoms with E-state index in [0.717, 1.165) is 0 Å². The number of carbonyl (C=O) groups is 1. The van der Waals surface area contributed by atoms with Crippen LogP contribution in [0.25, 0.3) is 5.69 Å². The molecule has 1 N–H and O–H groups in total. The monoisotopic (exact) mass is 357 g/mol. The van der Waals surface area contributed by atoms with Gasteiger partial charge in [-0.2, -0.15) is 5.10 Å². The van der Waals surface area contributed by atoms with Crippen LogP contribution in [0.15, 0.2) is 54.9 Å². The maximum atomic E-state index is 14.2. The van der Waals surface area contributed by atoms with Crippen LogP contribution in [0.2, 0.25) is 0 Å². The van der Waals surface area contributed by atoms with E-state index in [9.17, 15) is 13.6 Å². The topological polar surface area (TPSA) is 56.1 Å². The second kappa shape index (κ2) is 7.35. The Morgan fingerprint density at radius 1 is 1.19 bits per heavy atom. The molecule has 134 valence electrons. The number of aromatic nitrogens is 2. The lowest BCUT2D eigenvalue weighted by molar-refractivity contribution is 0.0935. The van der Waals surface area contributed by atoms with Crippen molar-refractivity contribution in [1.82, 2.24) is 15.1 Å². The first-order valence-corrected chi connectivity index (χ1v) is 7.94. The second-order valence-corrected chi connectivity index (χ2v) is 5.69. The number of carbonyl (C=O) groups excluding carboxylic acids is 1. The van der Waals surface area contributed by atoms with Crippen LogP contribution in [0.1, 0.15) is 28.9 Å². The predicted octanol–water partition coefficient (Wildman–Crippen LogP) is 3.65. The molecule has 0 bridgehead atoms. The van der Waals surface area contributed by atoms with Crippen LogP contribution < -0.4 is 10.1 Å². The van der Waals surface area contributed by atoms with Crippen molar-refractivity contribution in [1.29, 1.82) is 0 Å². The van der Waals surface area contributed by atoms with Gasteiger partial charge in [-0.1, -0.05) is 18.2 Å². The molecule has 0 fully saturated rings. The molecule has 1 aromatic heterocycles. The maximum absolute atomic E-state index is 14.2. The van der Waals surface area contributed by atoms with Crippen molar-refractivity contribution in [3.63, 3.8) is 0 Å². The van der Waals surface area contributed by atoms with Crippen molar-refractivity contribution < 1.29 is 18.3 Å². The highest BCUT2D eigenvalue weighted by molar-refractivity contribution is 5.95. The first-order chi connectivity index (χ1) is 12.5. The van der Waals surface area contributed by atoms with E-state index in [1.807, 2.05) is 0 Å². The number of nitrogens with one attached hydrogen (secondary N) is 1. The van der Waals surface area contributed by atoms with Gasteiger partial charge in [0.1, 0.15) is 11.5 Å². The molecule has 0 aliphatic carbocycles. The van der Waals surface area contributed by atoms with Gasteiger partial charge in [-0.25, -0.2) is 13.5 Å². The van der Waals surface area contributed by atoms with Crippen molar-refractivity contribution in [2.45, 2.75) is 13.0 Å². The molecular formula is C19H17F2N3O2. The number of amides is 1. The zero-order valence-electron chi connectivity index (χ0n) is 14.2. The molecule has 1 heterocycles. The summed E-state index contributed by atoms with van der Waals surface area (Å²) in [5, 5.41) is 6.83. The van der Waals surface area contributed by atoms with Gasteiger partial charge in [0, 0.05) is 11.8 Å². The van der Waals surface area contributed by atoms with Gasteiger partial charge in [-0.05, 0) is 31.2 Å². The third-order valence-corrected chi connectivity index (χ3v) is 3.98. The Morgan fingerprint density at radius 3 is 2.69 bits per heavy atom. The molecule has 3 rings (SSSR count). The lowest BCUT2D eigenvalue weighted by Gasteiger charge is -2.13. The number of ether oxygens (including phenoxy) is 1. The number of benzene rings is 2. The standard InChI is InChI=1S/C19H17F2N3O2/c1-12(23-19(25)14-6-5-9-17(26-2)18(14)21)13-10-22-24(11-13)16-8-4-3-7-15(16)20/h3-12H,1-2H3,(H,23,25). The minimum Gasteiger partial charge on any atom is -0.494 e. The zero-order valence-corrected chi connectivity index (χ0v) is 14.2. The molecule has 1 atom stereocenters. The van der Waals surface area contributed by atoms with Gasteiger partial charge in [0.25, 0.3) is 5.91 Å². The molecule has 7 heteroatoms. The van der Waals surface area contributed by atoms with E-state index in [4.69, 9.17) is 4.74 Å². The summed E-state index contributed by atoms with van der Waals surface area (Å²) in [5.74, 6) is -1.70. The molecule has 0 saturated heterocycles. The summed E-state index contributed by atoms with van der Waals surface area (Å²) in [4.78, 5) is 12.4. The van der Waals surface area contributed by atoms with Gasteiger partial charge < -0.3 is 10.1 Å². The van der Waals surface area contributed by atoms with Crippen LogP contribution in [0.5, 0.6) is 5.75 Å². The molecule has 3 aromatic rings. The molecule has 26 heavy (non-hydrogen) atoms. The Bertz CT molecular complexity index is 940. The molecule has 0 aliphatic rings. The summed E-state index contributed by atoms with van der Waals surface area (Å²) in [6.07, 6.45) is 3.14. The fourth-order valence-electron chi connectivity index (χ4n) is 2.53. The number of rotatable bonds is 5. The van der Waals surface area contributed by atoms with Crippen molar-refractivity contribution in [2.24, 2.45) is 0 Å². The molecule has 0 saturated carbocycles. The molecule has 0 aliphatic heterocycles. The number of methoxy groups -OCH3 is 1. The lowest BCUT2D eigenvalue weighted by Crippen LogP contribution is -2.27. The Balaban J connectivity index is 1.78. The zero-order chi connectivity index (χ0) is 18.7. The van der Waals surface area contributed by atoms with E-state index in [1.54, 1.807) is 31.3 Å². The summed E-state index contributed by atoms with van der Waals surface area (Å²) in [6.45, 7) is 1.73. The summed E-state index contributed by atoms with van der Waals surface area (Å²) in [7, 11) is 1.33. The van der Waals surface area contributed by atoms with Crippen LogP contribution >= 0.6 is 0 Å². The third-order valence-electron chi connectivity index (χ3n) is 3.98. The quantitative estimate of drug-likeness (QED) is 0.758. The minimum absolute atomic E-state index is 0.00215. The van der Waals surface area contributed by atoms with E-state index >= 15 is 0 Å². The molecule has 5 nitrogen and oxygen atoms in total. The molecule has 2 aromatic carbocycles. The van der Waals surface area contributed by atoms with Crippen molar-refractivity contribution in [2.75, 3.05) is 7.11 Å². The van der Waals surface area contributed by atoms with E-state index in [0.29, 0.717) is 11.3 Å². The number of halogens is 2. The first kappa shape index (κ1) is 17.6. The van der Waals surface area contributed by atoms with Gasteiger partial charge in [0.2, 0.25) is 0 Å². The van der Waals surface area contributed by atoms with Crippen LogP contribution in [-0.2, 0) is 0 Å². The molecule has 1 unspecified atom stereocenters. The van der Waals surface area contributed by atoms with Crippen LogP contribution in [0, 0.1) is 11.6 Å². The average Bonchev–Trinajstić information content (AvgIpc) is 3.12. The first-order valence-electron chi connectivity index (χ1n) is 7.94. The van der Waals surface area contributed by atoms with E-state index in [2.05, 4.69) is 10.4 Å². The Hall–Kier alpha value is -3.22. The number of nitrogens with zero attached hydrogens (tertiary/aromatic N) is 2. The van der Waals surface area contributed by atoms with Crippen LogP contribution in [-0.4, -0.2) is 22.8 Å². The lowest BCUT2D eigenvalue weighted by atomic mass is 10.1. The van der Waals surface area contributed by atoms with Crippen molar-refractivity contribution in [3.05, 3.63) is 77.6 Å². The summed E-state index contributed by atoms with van der Waals surface area (Å²) >= 11 is 0. The van der Waals surface area contributed by atoms with Crippen molar-refractivity contribution >= 4 is 5.91 Å². The number of hydrogen-bond donors (Lipinski definition) is 1.